The number of hydrogen-bond acceptors (Lipinski definition) is 2. The second kappa shape index (κ2) is 5.50. The van der Waals surface area contributed by atoms with Crippen molar-refractivity contribution < 1.29 is 4.79 Å². The average molecular weight is 215 g/mol. The SMILES string of the molecule is O=C(/C=C1/CCCCCN1)c1ccccc1. The number of ketones is 1. The van der Waals surface area contributed by atoms with E-state index < -0.39 is 0 Å². The third kappa shape index (κ3) is 2.96. The maximum absolute atomic E-state index is 11.9. The van der Waals surface area contributed by atoms with Gasteiger partial charge in [-0.25, -0.2) is 0 Å². The molecule has 0 aliphatic carbocycles. The van der Waals surface area contributed by atoms with E-state index in [1.165, 1.54) is 19.3 Å². The Kier molecular flexibility index (Phi) is 3.76. The van der Waals surface area contributed by atoms with Gasteiger partial charge in [0.1, 0.15) is 0 Å². The highest BCUT2D eigenvalue weighted by Crippen LogP contribution is 2.12. The molecule has 1 heterocycles. The van der Waals surface area contributed by atoms with Crippen molar-refractivity contribution in [2.75, 3.05) is 6.54 Å². The van der Waals surface area contributed by atoms with Crippen molar-refractivity contribution in [3.63, 3.8) is 0 Å². The molecule has 1 saturated heterocycles. The number of carbonyl (C=O) groups excluding carboxylic acids is 1. The monoisotopic (exact) mass is 215 g/mol. The summed E-state index contributed by atoms with van der Waals surface area (Å²) >= 11 is 0. The van der Waals surface area contributed by atoms with Gasteiger partial charge in [0.25, 0.3) is 0 Å². The molecule has 1 aliphatic rings. The Labute approximate surface area is 96.4 Å². The number of rotatable bonds is 2. The van der Waals surface area contributed by atoms with E-state index in [1.54, 1.807) is 6.08 Å². The number of nitrogens with one attached hydrogen (secondary N) is 1. The van der Waals surface area contributed by atoms with E-state index in [1.807, 2.05) is 30.3 Å². The number of allylic oxidation sites excluding steroid dienone is 2. The smallest absolute Gasteiger partial charge is 0.187 e. The van der Waals surface area contributed by atoms with Gasteiger partial charge in [0.2, 0.25) is 0 Å². The van der Waals surface area contributed by atoms with Gasteiger partial charge in [-0.05, 0) is 19.3 Å². The number of benzene rings is 1. The van der Waals surface area contributed by atoms with Gasteiger partial charge in [0, 0.05) is 23.9 Å². The van der Waals surface area contributed by atoms with Crippen LogP contribution in [-0.4, -0.2) is 12.3 Å². The molecule has 1 aliphatic heterocycles. The molecule has 1 aromatic carbocycles. The summed E-state index contributed by atoms with van der Waals surface area (Å²) < 4.78 is 0. The lowest BCUT2D eigenvalue weighted by atomic mass is 10.1. The summed E-state index contributed by atoms with van der Waals surface area (Å²) in [5, 5.41) is 3.32. The molecule has 1 aromatic rings. The summed E-state index contributed by atoms with van der Waals surface area (Å²) in [7, 11) is 0. The molecular formula is C14H17NO. The molecule has 0 spiro atoms. The Hall–Kier alpha value is -1.57. The third-order valence-corrected chi connectivity index (χ3v) is 2.84. The normalized spacial score (nSPS) is 18.9. The fourth-order valence-electron chi connectivity index (χ4n) is 1.92. The van der Waals surface area contributed by atoms with E-state index in [-0.39, 0.29) is 5.78 Å². The van der Waals surface area contributed by atoms with E-state index in [2.05, 4.69) is 5.32 Å². The van der Waals surface area contributed by atoms with Crippen LogP contribution in [0.4, 0.5) is 0 Å². The zero-order valence-electron chi connectivity index (χ0n) is 9.41. The summed E-state index contributed by atoms with van der Waals surface area (Å²) in [4.78, 5) is 11.9. The summed E-state index contributed by atoms with van der Waals surface area (Å²) in [5.41, 5.74) is 1.85. The fourth-order valence-corrected chi connectivity index (χ4v) is 1.92. The molecule has 0 atom stereocenters. The molecule has 0 aromatic heterocycles. The topological polar surface area (TPSA) is 29.1 Å². The molecule has 0 unspecified atom stereocenters. The Morgan fingerprint density at radius 2 is 1.94 bits per heavy atom. The van der Waals surface area contributed by atoms with E-state index in [4.69, 9.17) is 0 Å². The summed E-state index contributed by atoms with van der Waals surface area (Å²) in [5.74, 6) is 0.102. The van der Waals surface area contributed by atoms with Crippen LogP contribution >= 0.6 is 0 Å². The van der Waals surface area contributed by atoms with Crippen molar-refractivity contribution in [2.24, 2.45) is 0 Å². The molecule has 2 heteroatoms. The molecule has 0 amide bonds. The van der Waals surface area contributed by atoms with E-state index in [9.17, 15) is 4.79 Å². The molecule has 1 N–H and O–H groups in total. The molecular weight excluding hydrogens is 198 g/mol. The average Bonchev–Trinajstić information content (AvgIpc) is 2.59. The van der Waals surface area contributed by atoms with Gasteiger partial charge in [-0.2, -0.15) is 0 Å². The van der Waals surface area contributed by atoms with Gasteiger partial charge in [0.15, 0.2) is 5.78 Å². The molecule has 0 bridgehead atoms. The summed E-state index contributed by atoms with van der Waals surface area (Å²) in [6, 6.07) is 9.43. The van der Waals surface area contributed by atoms with Gasteiger partial charge in [-0.3, -0.25) is 4.79 Å². The van der Waals surface area contributed by atoms with Crippen LogP contribution in [0.2, 0.25) is 0 Å². The molecule has 16 heavy (non-hydrogen) atoms. The summed E-state index contributed by atoms with van der Waals surface area (Å²) in [6.45, 7) is 0.994. The number of carbonyl (C=O) groups is 1. The van der Waals surface area contributed by atoms with Crippen molar-refractivity contribution in [2.45, 2.75) is 25.7 Å². The van der Waals surface area contributed by atoms with Gasteiger partial charge < -0.3 is 5.32 Å². The van der Waals surface area contributed by atoms with Gasteiger partial charge in [-0.1, -0.05) is 36.8 Å². The van der Waals surface area contributed by atoms with Crippen molar-refractivity contribution in [3.8, 4) is 0 Å². The lowest BCUT2D eigenvalue weighted by molar-refractivity contribution is 0.104. The van der Waals surface area contributed by atoms with Gasteiger partial charge in [-0.15, -0.1) is 0 Å². The number of hydrogen-bond donors (Lipinski definition) is 1. The van der Waals surface area contributed by atoms with Crippen LogP contribution in [0.1, 0.15) is 36.0 Å². The van der Waals surface area contributed by atoms with Gasteiger partial charge in [0.05, 0.1) is 0 Å². The lowest BCUT2D eigenvalue weighted by Gasteiger charge is -2.05. The van der Waals surface area contributed by atoms with E-state index >= 15 is 0 Å². The minimum Gasteiger partial charge on any atom is -0.388 e. The van der Waals surface area contributed by atoms with Crippen LogP contribution < -0.4 is 5.32 Å². The standard InChI is InChI=1S/C14H17NO/c16-14(12-7-3-1-4-8-12)11-13-9-5-2-6-10-15-13/h1,3-4,7-8,11,15H,2,5-6,9-10H2/b13-11-. The summed E-state index contributed by atoms with van der Waals surface area (Å²) in [6.07, 6.45) is 6.39. The molecule has 84 valence electrons. The highest BCUT2D eigenvalue weighted by atomic mass is 16.1. The van der Waals surface area contributed by atoms with Crippen molar-refractivity contribution >= 4 is 5.78 Å². The van der Waals surface area contributed by atoms with Crippen LogP contribution in [-0.2, 0) is 0 Å². The zero-order chi connectivity index (χ0) is 11.2. The predicted octanol–water partition coefficient (Wildman–Crippen LogP) is 2.92. The van der Waals surface area contributed by atoms with Crippen LogP contribution in [0.25, 0.3) is 0 Å². The molecule has 2 rings (SSSR count). The highest BCUT2D eigenvalue weighted by Gasteiger charge is 2.06. The minimum absolute atomic E-state index is 0.102. The maximum atomic E-state index is 11.9. The molecule has 0 saturated carbocycles. The zero-order valence-corrected chi connectivity index (χ0v) is 9.41. The lowest BCUT2D eigenvalue weighted by Crippen LogP contribution is -2.13. The van der Waals surface area contributed by atoms with Crippen LogP contribution in [0, 0.1) is 0 Å². The van der Waals surface area contributed by atoms with Crippen LogP contribution in [0.5, 0.6) is 0 Å². The Bertz CT molecular complexity index is 371. The second-order valence-electron chi connectivity index (χ2n) is 4.14. The molecule has 2 nitrogen and oxygen atoms in total. The van der Waals surface area contributed by atoms with Crippen molar-refractivity contribution in [3.05, 3.63) is 47.7 Å². The molecule has 1 fully saturated rings. The van der Waals surface area contributed by atoms with Gasteiger partial charge >= 0.3 is 0 Å². The first-order valence-electron chi connectivity index (χ1n) is 5.90. The first-order valence-corrected chi connectivity index (χ1v) is 5.90. The first-order chi connectivity index (χ1) is 7.86. The van der Waals surface area contributed by atoms with Crippen molar-refractivity contribution in [1.82, 2.24) is 5.32 Å². The minimum atomic E-state index is 0.102. The predicted molar refractivity (Wildman–Crippen MR) is 65.3 cm³/mol. The van der Waals surface area contributed by atoms with Crippen LogP contribution in [0.3, 0.4) is 0 Å². The van der Waals surface area contributed by atoms with Crippen LogP contribution in [0.15, 0.2) is 42.1 Å². The third-order valence-electron chi connectivity index (χ3n) is 2.84. The Balaban J connectivity index is 2.08. The Morgan fingerprint density at radius 3 is 2.75 bits per heavy atom. The van der Waals surface area contributed by atoms with E-state index in [0.717, 1.165) is 24.2 Å². The Morgan fingerprint density at radius 1 is 1.12 bits per heavy atom. The first kappa shape index (κ1) is 10.9. The maximum Gasteiger partial charge on any atom is 0.187 e. The van der Waals surface area contributed by atoms with Crippen molar-refractivity contribution in [1.29, 1.82) is 0 Å². The highest BCUT2D eigenvalue weighted by molar-refractivity contribution is 6.04. The quantitative estimate of drug-likeness (QED) is 0.607. The second-order valence-corrected chi connectivity index (χ2v) is 4.14. The largest absolute Gasteiger partial charge is 0.388 e. The fraction of sp³-hybridized carbons (Fsp3) is 0.357. The van der Waals surface area contributed by atoms with E-state index in [0.29, 0.717) is 0 Å². The molecule has 0 radical (unpaired) electrons.